The molecule has 0 fully saturated rings. The Morgan fingerprint density at radius 2 is 1.96 bits per heavy atom. The van der Waals surface area contributed by atoms with E-state index in [1.807, 2.05) is 36.6 Å². The summed E-state index contributed by atoms with van der Waals surface area (Å²) in [7, 11) is 0. The van der Waals surface area contributed by atoms with Crippen LogP contribution in [-0.2, 0) is 11.3 Å². The summed E-state index contributed by atoms with van der Waals surface area (Å²) in [5.41, 5.74) is 2.80. The van der Waals surface area contributed by atoms with Crippen molar-refractivity contribution in [3.8, 4) is 11.1 Å². The van der Waals surface area contributed by atoms with E-state index in [0.717, 1.165) is 16.7 Å². The number of thiophene rings is 1. The van der Waals surface area contributed by atoms with Crippen molar-refractivity contribution < 1.29 is 9.90 Å². The first-order valence-corrected chi connectivity index (χ1v) is 8.13. The summed E-state index contributed by atoms with van der Waals surface area (Å²) in [6.07, 6.45) is -0.0993. The number of nitrogens with zero attached hydrogens (tertiary/aromatic N) is 2. The van der Waals surface area contributed by atoms with Gasteiger partial charge >= 0.3 is 5.97 Å². The minimum absolute atomic E-state index is 0.0993. The minimum Gasteiger partial charge on any atom is -0.481 e. The Labute approximate surface area is 136 Å². The van der Waals surface area contributed by atoms with Crippen molar-refractivity contribution in [2.45, 2.75) is 26.8 Å². The Kier molecular flexibility index (Phi) is 4.00. The Balaban J connectivity index is 2.18. The highest BCUT2D eigenvalue weighted by molar-refractivity contribution is 7.17. The van der Waals surface area contributed by atoms with Crippen LogP contribution in [0.15, 0.2) is 34.4 Å². The number of benzene rings is 1. The number of hydrogen-bond acceptors (Lipinski definition) is 4. The highest BCUT2D eigenvalue weighted by Gasteiger charge is 2.15. The topological polar surface area (TPSA) is 72.2 Å². The number of rotatable bonds is 4. The van der Waals surface area contributed by atoms with Crippen LogP contribution < -0.4 is 5.56 Å². The maximum Gasteiger partial charge on any atom is 0.305 e. The number of aryl methyl sites for hydroxylation is 2. The standard InChI is InChI=1S/C17H16N2O3S/c1-10-3-5-12(6-4-10)13-9-23-16-15(13)17(22)19(11(2)18-16)8-7-14(20)21/h3-6,9H,7-8H2,1-2H3,(H,20,21). The fraction of sp³-hybridized carbons (Fsp3) is 0.235. The van der Waals surface area contributed by atoms with Crippen LogP contribution in [-0.4, -0.2) is 20.6 Å². The van der Waals surface area contributed by atoms with Crippen molar-refractivity contribution >= 4 is 27.5 Å². The van der Waals surface area contributed by atoms with Gasteiger partial charge in [-0.05, 0) is 19.4 Å². The molecule has 0 unspecified atom stereocenters. The zero-order valence-electron chi connectivity index (χ0n) is 12.9. The lowest BCUT2D eigenvalue weighted by Crippen LogP contribution is -2.24. The van der Waals surface area contributed by atoms with Crippen molar-refractivity contribution in [3.63, 3.8) is 0 Å². The van der Waals surface area contributed by atoms with Crippen molar-refractivity contribution in [1.29, 1.82) is 0 Å². The lowest BCUT2D eigenvalue weighted by molar-refractivity contribution is -0.137. The molecule has 0 radical (unpaired) electrons. The fourth-order valence-corrected chi connectivity index (χ4v) is 3.53. The molecule has 1 N–H and O–H groups in total. The molecule has 0 saturated carbocycles. The van der Waals surface area contributed by atoms with E-state index < -0.39 is 5.97 Å². The summed E-state index contributed by atoms with van der Waals surface area (Å²) >= 11 is 1.43. The van der Waals surface area contributed by atoms with E-state index in [1.54, 1.807) is 6.92 Å². The van der Waals surface area contributed by atoms with Gasteiger partial charge in [0.25, 0.3) is 5.56 Å². The zero-order chi connectivity index (χ0) is 16.6. The average Bonchev–Trinajstić information content (AvgIpc) is 2.91. The number of hydrogen-bond donors (Lipinski definition) is 1. The van der Waals surface area contributed by atoms with Crippen LogP contribution >= 0.6 is 11.3 Å². The largest absolute Gasteiger partial charge is 0.481 e. The van der Waals surface area contributed by atoms with Gasteiger partial charge in [0.15, 0.2) is 0 Å². The van der Waals surface area contributed by atoms with Gasteiger partial charge in [-0.3, -0.25) is 14.2 Å². The van der Waals surface area contributed by atoms with Gasteiger partial charge in [-0.1, -0.05) is 29.8 Å². The van der Waals surface area contributed by atoms with E-state index in [2.05, 4.69) is 4.98 Å². The van der Waals surface area contributed by atoms with E-state index in [9.17, 15) is 9.59 Å². The SMILES string of the molecule is Cc1ccc(-c2csc3nc(C)n(CCC(=O)O)c(=O)c23)cc1. The van der Waals surface area contributed by atoms with Crippen LogP contribution in [0, 0.1) is 13.8 Å². The first kappa shape index (κ1) is 15.4. The number of aliphatic carboxylic acids is 1. The highest BCUT2D eigenvalue weighted by Crippen LogP contribution is 2.31. The van der Waals surface area contributed by atoms with Gasteiger partial charge in [0, 0.05) is 17.5 Å². The highest BCUT2D eigenvalue weighted by atomic mass is 32.1. The Bertz CT molecular complexity index is 939. The molecule has 0 amide bonds. The zero-order valence-corrected chi connectivity index (χ0v) is 13.7. The van der Waals surface area contributed by atoms with E-state index in [-0.39, 0.29) is 18.5 Å². The monoisotopic (exact) mass is 328 g/mol. The molecule has 23 heavy (non-hydrogen) atoms. The van der Waals surface area contributed by atoms with E-state index >= 15 is 0 Å². The minimum atomic E-state index is -0.930. The van der Waals surface area contributed by atoms with Crippen molar-refractivity contribution in [2.24, 2.45) is 0 Å². The molecule has 6 heteroatoms. The molecule has 0 aliphatic rings. The summed E-state index contributed by atoms with van der Waals surface area (Å²) in [6, 6.07) is 7.97. The number of carboxylic acids is 1. The van der Waals surface area contributed by atoms with Crippen LogP contribution in [0.4, 0.5) is 0 Å². The number of fused-ring (bicyclic) bond motifs is 1. The van der Waals surface area contributed by atoms with Crippen LogP contribution in [0.1, 0.15) is 17.8 Å². The number of carboxylic acid groups (broad SMARTS) is 1. The van der Waals surface area contributed by atoms with Gasteiger partial charge in [0.05, 0.1) is 11.8 Å². The second kappa shape index (κ2) is 5.96. The molecular weight excluding hydrogens is 312 g/mol. The summed E-state index contributed by atoms with van der Waals surface area (Å²) in [6.45, 7) is 3.87. The molecule has 0 spiro atoms. The van der Waals surface area contributed by atoms with Crippen LogP contribution in [0.25, 0.3) is 21.3 Å². The molecule has 3 rings (SSSR count). The number of carbonyl (C=O) groups is 1. The van der Waals surface area contributed by atoms with E-state index in [0.29, 0.717) is 16.0 Å². The molecule has 0 bridgehead atoms. The third kappa shape index (κ3) is 2.90. The maximum absolute atomic E-state index is 12.8. The predicted molar refractivity (Wildman–Crippen MR) is 91.0 cm³/mol. The second-order valence-corrected chi connectivity index (χ2v) is 6.31. The van der Waals surface area contributed by atoms with Gasteiger partial charge in [-0.25, -0.2) is 4.98 Å². The van der Waals surface area contributed by atoms with Gasteiger partial charge in [-0.15, -0.1) is 11.3 Å². The van der Waals surface area contributed by atoms with Gasteiger partial charge in [-0.2, -0.15) is 0 Å². The van der Waals surface area contributed by atoms with Crippen molar-refractivity contribution in [2.75, 3.05) is 0 Å². The van der Waals surface area contributed by atoms with E-state index in [1.165, 1.54) is 15.9 Å². The third-order valence-electron chi connectivity index (χ3n) is 3.80. The first-order valence-electron chi connectivity index (χ1n) is 7.25. The van der Waals surface area contributed by atoms with Gasteiger partial charge < -0.3 is 5.11 Å². The molecule has 5 nitrogen and oxygen atoms in total. The van der Waals surface area contributed by atoms with Crippen molar-refractivity contribution in [1.82, 2.24) is 9.55 Å². The summed E-state index contributed by atoms with van der Waals surface area (Å²) in [4.78, 5) is 28.8. The van der Waals surface area contributed by atoms with Gasteiger partial charge in [0.1, 0.15) is 10.7 Å². The van der Waals surface area contributed by atoms with Gasteiger partial charge in [0.2, 0.25) is 0 Å². The second-order valence-electron chi connectivity index (χ2n) is 5.46. The third-order valence-corrected chi connectivity index (χ3v) is 4.67. The molecule has 3 aromatic rings. The summed E-state index contributed by atoms with van der Waals surface area (Å²) < 4.78 is 1.45. The molecule has 2 heterocycles. The Morgan fingerprint density at radius 3 is 2.61 bits per heavy atom. The smallest absolute Gasteiger partial charge is 0.305 e. The van der Waals surface area contributed by atoms with Crippen molar-refractivity contribution in [3.05, 3.63) is 51.4 Å². The maximum atomic E-state index is 12.8. The van der Waals surface area contributed by atoms with E-state index in [4.69, 9.17) is 5.11 Å². The normalized spacial score (nSPS) is 11.0. The molecule has 0 aliphatic heterocycles. The summed E-state index contributed by atoms with van der Waals surface area (Å²) in [5, 5.41) is 11.4. The molecular formula is C17H16N2O3S. The Hall–Kier alpha value is -2.47. The predicted octanol–water partition coefficient (Wildman–Crippen LogP) is 3.22. The number of aromatic nitrogens is 2. The lowest BCUT2D eigenvalue weighted by atomic mass is 10.1. The molecule has 1 aromatic carbocycles. The van der Waals surface area contributed by atoms with Crippen LogP contribution in [0.5, 0.6) is 0 Å². The molecule has 0 aliphatic carbocycles. The molecule has 2 aromatic heterocycles. The molecule has 118 valence electrons. The Morgan fingerprint density at radius 1 is 1.26 bits per heavy atom. The first-order chi connectivity index (χ1) is 11.0. The van der Waals surface area contributed by atoms with Crippen LogP contribution in [0.3, 0.4) is 0 Å². The fourth-order valence-electron chi connectivity index (χ4n) is 2.54. The quantitative estimate of drug-likeness (QED) is 0.798. The molecule has 0 saturated heterocycles. The molecule has 0 atom stereocenters. The average molecular weight is 328 g/mol. The summed E-state index contributed by atoms with van der Waals surface area (Å²) in [5.74, 6) is -0.387. The lowest BCUT2D eigenvalue weighted by Gasteiger charge is -2.08. The van der Waals surface area contributed by atoms with Crippen LogP contribution in [0.2, 0.25) is 0 Å².